The van der Waals surface area contributed by atoms with Crippen molar-refractivity contribution in [2.45, 2.75) is 6.54 Å². The normalized spacial score (nSPS) is 11.0. The second-order valence-corrected chi connectivity index (χ2v) is 6.42. The van der Waals surface area contributed by atoms with Crippen LogP contribution in [0.4, 0.5) is 0 Å². The lowest BCUT2D eigenvalue weighted by Crippen LogP contribution is -2.00. The second-order valence-electron chi connectivity index (χ2n) is 5.30. The fourth-order valence-electron chi connectivity index (χ4n) is 2.57. The third-order valence-corrected chi connectivity index (χ3v) is 4.73. The Hall–Kier alpha value is -2.79. The highest BCUT2D eigenvalue weighted by Gasteiger charge is 2.07. The first-order valence-electron chi connectivity index (χ1n) is 7.25. The van der Waals surface area contributed by atoms with Crippen LogP contribution in [0.1, 0.15) is 15.2 Å². The molecule has 5 heteroatoms. The Labute approximate surface area is 137 Å². The number of aldehydes is 1. The first-order valence-corrected chi connectivity index (χ1v) is 8.07. The number of hydrogen-bond acceptors (Lipinski definition) is 4. The SMILES string of the molecule is O=Cc1ccc(-c2cn(Cc3ccc4ccccc4c3)nn2)s1. The predicted octanol–water partition coefficient (Wildman–Crippen LogP) is 4.02. The van der Waals surface area contributed by atoms with Crippen LogP contribution >= 0.6 is 11.3 Å². The standard InChI is InChI=1S/C18H13N3OS/c22-12-16-7-8-18(23-16)17-11-21(20-19-17)10-13-5-6-14-3-1-2-4-15(14)9-13/h1-9,11-12H,10H2. The number of hydrogen-bond donors (Lipinski definition) is 0. The summed E-state index contributed by atoms with van der Waals surface area (Å²) < 4.78 is 1.82. The molecule has 2 heterocycles. The van der Waals surface area contributed by atoms with E-state index < -0.39 is 0 Å². The van der Waals surface area contributed by atoms with Gasteiger partial charge in [-0.15, -0.1) is 16.4 Å². The zero-order valence-corrected chi connectivity index (χ0v) is 13.0. The van der Waals surface area contributed by atoms with Crippen molar-refractivity contribution in [2.24, 2.45) is 0 Å². The van der Waals surface area contributed by atoms with Gasteiger partial charge in [-0.1, -0.05) is 41.6 Å². The number of carbonyl (C=O) groups excluding carboxylic acids is 1. The van der Waals surface area contributed by atoms with Gasteiger partial charge in [0.05, 0.1) is 22.5 Å². The van der Waals surface area contributed by atoms with E-state index in [1.54, 1.807) is 6.07 Å². The number of thiophene rings is 1. The minimum atomic E-state index is 0.670. The lowest BCUT2D eigenvalue weighted by molar-refractivity contribution is 0.112. The van der Waals surface area contributed by atoms with Crippen LogP contribution < -0.4 is 0 Å². The van der Waals surface area contributed by atoms with Gasteiger partial charge in [0.15, 0.2) is 6.29 Å². The fraction of sp³-hybridized carbons (Fsp3) is 0.0556. The van der Waals surface area contributed by atoms with E-state index in [2.05, 4.69) is 40.6 Å². The minimum Gasteiger partial charge on any atom is -0.297 e. The van der Waals surface area contributed by atoms with E-state index in [9.17, 15) is 4.79 Å². The summed E-state index contributed by atoms with van der Waals surface area (Å²) in [5.41, 5.74) is 1.98. The number of carbonyl (C=O) groups is 1. The summed E-state index contributed by atoms with van der Waals surface area (Å²) in [6.45, 7) is 0.670. The van der Waals surface area contributed by atoms with E-state index in [4.69, 9.17) is 0 Å². The maximum absolute atomic E-state index is 10.8. The van der Waals surface area contributed by atoms with Crippen LogP contribution in [0.3, 0.4) is 0 Å². The Balaban J connectivity index is 1.59. The summed E-state index contributed by atoms with van der Waals surface area (Å²) in [5.74, 6) is 0. The summed E-state index contributed by atoms with van der Waals surface area (Å²) in [7, 11) is 0. The van der Waals surface area contributed by atoms with E-state index in [0.717, 1.165) is 16.9 Å². The number of fused-ring (bicyclic) bond motifs is 1. The molecule has 0 aliphatic carbocycles. The highest BCUT2D eigenvalue weighted by Crippen LogP contribution is 2.25. The van der Waals surface area contributed by atoms with Gasteiger partial charge in [0.1, 0.15) is 5.69 Å². The molecule has 0 fully saturated rings. The van der Waals surface area contributed by atoms with Crippen LogP contribution in [0.2, 0.25) is 0 Å². The van der Waals surface area contributed by atoms with Gasteiger partial charge in [-0.3, -0.25) is 4.79 Å². The molecule has 4 aromatic rings. The van der Waals surface area contributed by atoms with Gasteiger partial charge in [0.25, 0.3) is 0 Å². The Bertz CT molecular complexity index is 987. The van der Waals surface area contributed by atoms with Gasteiger partial charge in [0.2, 0.25) is 0 Å². The molecule has 0 atom stereocenters. The molecule has 0 radical (unpaired) electrons. The average Bonchev–Trinajstić information content (AvgIpc) is 3.23. The molecule has 0 saturated carbocycles. The van der Waals surface area contributed by atoms with Crippen molar-refractivity contribution in [1.82, 2.24) is 15.0 Å². The van der Waals surface area contributed by atoms with Crippen molar-refractivity contribution in [3.05, 3.63) is 71.2 Å². The van der Waals surface area contributed by atoms with Gasteiger partial charge >= 0.3 is 0 Å². The van der Waals surface area contributed by atoms with Crippen LogP contribution in [-0.4, -0.2) is 21.3 Å². The zero-order chi connectivity index (χ0) is 15.6. The highest BCUT2D eigenvalue weighted by molar-refractivity contribution is 7.17. The minimum absolute atomic E-state index is 0.670. The molecule has 0 amide bonds. The van der Waals surface area contributed by atoms with Crippen molar-refractivity contribution < 1.29 is 4.79 Å². The van der Waals surface area contributed by atoms with Crippen molar-refractivity contribution >= 4 is 28.4 Å². The Morgan fingerprint density at radius 1 is 1.04 bits per heavy atom. The van der Waals surface area contributed by atoms with E-state index in [0.29, 0.717) is 11.4 Å². The van der Waals surface area contributed by atoms with Gasteiger partial charge < -0.3 is 0 Å². The molecule has 0 spiro atoms. The quantitative estimate of drug-likeness (QED) is 0.534. The molecule has 0 aliphatic heterocycles. The molecule has 0 bridgehead atoms. The first kappa shape index (κ1) is 13.8. The summed E-state index contributed by atoms with van der Waals surface area (Å²) >= 11 is 1.42. The number of rotatable bonds is 4. The van der Waals surface area contributed by atoms with Gasteiger partial charge in [0, 0.05) is 0 Å². The maximum Gasteiger partial charge on any atom is 0.160 e. The molecule has 0 aliphatic rings. The monoisotopic (exact) mass is 319 g/mol. The van der Waals surface area contributed by atoms with Crippen LogP contribution in [0, 0.1) is 0 Å². The van der Waals surface area contributed by atoms with Gasteiger partial charge in [-0.05, 0) is 34.5 Å². The Morgan fingerprint density at radius 2 is 1.91 bits per heavy atom. The van der Waals surface area contributed by atoms with E-state index in [1.807, 2.05) is 29.1 Å². The molecule has 23 heavy (non-hydrogen) atoms. The third-order valence-electron chi connectivity index (χ3n) is 3.69. The number of aromatic nitrogens is 3. The smallest absolute Gasteiger partial charge is 0.160 e. The molecule has 0 N–H and O–H groups in total. The molecule has 0 saturated heterocycles. The van der Waals surface area contributed by atoms with Crippen LogP contribution in [-0.2, 0) is 6.54 Å². The molecule has 0 unspecified atom stereocenters. The van der Waals surface area contributed by atoms with Gasteiger partial charge in [-0.25, -0.2) is 4.68 Å². The van der Waals surface area contributed by atoms with Crippen LogP contribution in [0.25, 0.3) is 21.3 Å². The second kappa shape index (κ2) is 5.78. The highest BCUT2D eigenvalue weighted by atomic mass is 32.1. The molecule has 4 nitrogen and oxygen atoms in total. The first-order chi connectivity index (χ1) is 11.3. The molecule has 2 aromatic carbocycles. The number of nitrogens with zero attached hydrogens (tertiary/aromatic N) is 3. The molecule has 4 rings (SSSR count). The molecule has 2 aromatic heterocycles. The van der Waals surface area contributed by atoms with Crippen molar-refractivity contribution in [1.29, 1.82) is 0 Å². The summed E-state index contributed by atoms with van der Waals surface area (Å²) in [6.07, 6.45) is 2.77. The lowest BCUT2D eigenvalue weighted by atomic mass is 10.1. The topological polar surface area (TPSA) is 47.8 Å². The Morgan fingerprint density at radius 3 is 2.74 bits per heavy atom. The third kappa shape index (κ3) is 2.78. The van der Waals surface area contributed by atoms with E-state index in [-0.39, 0.29) is 0 Å². The van der Waals surface area contributed by atoms with Gasteiger partial charge in [-0.2, -0.15) is 0 Å². The molecular formula is C18H13N3OS. The van der Waals surface area contributed by atoms with Crippen LogP contribution in [0.5, 0.6) is 0 Å². The summed E-state index contributed by atoms with van der Waals surface area (Å²) in [5, 5.41) is 10.8. The van der Waals surface area contributed by atoms with E-state index >= 15 is 0 Å². The zero-order valence-electron chi connectivity index (χ0n) is 12.2. The van der Waals surface area contributed by atoms with E-state index in [1.165, 1.54) is 27.7 Å². The number of benzene rings is 2. The Kier molecular flexibility index (Phi) is 3.48. The van der Waals surface area contributed by atoms with Crippen molar-refractivity contribution in [2.75, 3.05) is 0 Å². The summed E-state index contributed by atoms with van der Waals surface area (Å²) in [4.78, 5) is 12.4. The molecular weight excluding hydrogens is 306 g/mol. The fourth-order valence-corrected chi connectivity index (χ4v) is 3.34. The van der Waals surface area contributed by atoms with Crippen molar-refractivity contribution in [3.8, 4) is 10.6 Å². The largest absolute Gasteiger partial charge is 0.297 e. The predicted molar refractivity (Wildman–Crippen MR) is 91.8 cm³/mol. The van der Waals surface area contributed by atoms with Crippen molar-refractivity contribution in [3.63, 3.8) is 0 Å². The lowest BCUT2D eigenvalue weighted by Gasteiger charge is -2.03. The molecule has 112 valence electrons. The maximum atomic E-state index is 10.8. The average molecular weight is 319 g/mol. The summed E-state index contributed by atoms with van der Waals surface area (Å²) in [6, 6.07) is 18.4. The van der Waals surface area contributed by atoms with Crippen LogP contribution in [0.15, 0.2) is 60.8 Å².